The van der Waals surface area contributed by atoms with E-state index in [9.17, 15) is 4.79 Å². The lowest BCUT2D eigenvalue weighted by Crippen LogP contribution is -2.49. The molecule has 2 aliphatic rings. The lowest BCUT2D eigenvalue weighted by Gasteiger charge is -2.37. The van der Waals surface area contributed by atoms with Gasteiger partial charge in [0.05, 0.1) is 0 Å². The van der Waals surface area contributed by atoms with Gasteiger partial charge in [0.25, 0.3) is 0 Å². The van der Waals surface area contributed by atoms with Crippen LogP contribution in [0.1, 0.15) is 33.6 Å². The van der Waals surface area contributed by atoms with E-state index in [1.165, 1.54) is 0 Å². The number of carbonyl (C=O) groups excluding carboxylic acids is 1. The number of rotatable bonds is 2. The minimum absolute atomic E-state index is 0.264. The van der Waals surface area contributed by atoms with Crippen LogP contribution in [-0.2, 0) is 4.79 Å². The van der Waals surface area contributed by atoms with Crippen molar-refractivity contribution in [1.82, 2.24) is 10.2 Å². The Labute approximate surface area is 98.6 Å². The van der Waals surface area contributed by atoms with Crippen molar-refractivity contribution in [2.45, 2.75) is 39.7 Å². The molecule has 3 unspecified atom stereocenters. The number of likely N-dealkylation sites (tertiary alicyclic amines) is 1. The van der Waals surface area contributed by atoms with E-state index in [0.29, 0.717) is 23.8 Å². The molecule has 92 valence electrons. The maximum absolute atomic E-state index is 12.2. The zero-order chi connectivity index (χ0) is 11.9. The fourth-order valence-electron chi connectivity index (χ4n) is 2.88. The standard InChI is InChI=1S/C13H24N2O/c1-9-8-15(6-5-11(9)14-4)12(16)10-7-13(10,2)3/h9-11,14H,5-8H2,1-4H3. The van der Waals surface area contributed by atoms with Crippen LogP contribution < -0.4 is 5.32 Å². The molecule has 3 heteroatoms. The topological polar surface area (TPSA) is 32.3 Å². The van der Waals surface area contributed by atoms with Gasteiger partial charge in [-0.15, -0.1) is 0 Å². The molecule has 1 aliphatic heterocycles. The molecule has 1 amide bonds. The van der Waals surface area contributed by atoms with Crippen LogP contribution in [0.4, 0.5) is 0 Å². The average Bonchev–Trinajstić information content (AvgIpc) is 2.86. The fraction of sp³-hybridized carbons (Fsp3) is 0.923. The highest BCUT2D eigenvalue weighted by Gasteiger charge is 2.52. The third kappa shape index (κ3) is 2.10. The summed E-state index contributed by atoms with van der Waals surface area (Å²) in [4.78, 5) is 14.3. The van der Waals surface area contributed by atoms with Gasteiger partial charge >= 0.3 is 0 Å². The Bertz CT molecular complexity index is 288. The minimum atomic E-state index is 0.264. The van der Waals surface area contributed by atoms with E-state index in [2.05, 4.69) is 31.0 Å². The van der Waals surface area contributed by atoms with Crippen molar-refractivity contribution < 1.29 is 4.79 Å². The first-order valence-corrected chi connectivity index (χ1v) is 6.42. The van der Waals surface area contributed by atoms with Crippen molar-refractivity contribution >= 4 is 5.91 Å². The number of carbonyl (C=O) groups is 1. The molecule has 2 rings (SSSR count). The lowest BCUT2D eigenvalue weighted by atomic mass is 9.93. The third-order valence-corrected chi connectivity index (χ3v) is 4.40. The van der Waals surface area contributed by atoms with Crippen LogP contribution in [0.15, 0.2) is 0 Å². The normalized spacial score (nSPS) is 37.2. The number of hydrogen-bond acceptors (Lipinski definition) is 2. The van der Waals surface area contributed by atoms with Gasteiger partial charge in [0.15, 0.2) is 0 Å². The summed E-state index contributed by atoms with van der Waals surface area (Å²) in [5.41, 5.74) is 0.264. The molecule has 1 heterocycles. The second-order valence-electron chi connectivity index (χ2n) is 6.19. The van der Waals surface area contributed by atoms with Gasteiger partial charge in [-0.05, 0) is 31.2 Å². The molecule has 0 bridgehead atoms. The summed E-state index contributed by atoms with van der Waals surface area (Å²) in [5, 5.41) is 3.34. The van der Waals surface area contributed by atoms with Crippen LogP contribution in [0.5, 0.6) is 0 Å². The van der Waals surface area contributed by atoms with Crippen LogP contribution in [0.25, 0.3) is 0 Å². The zero-order valence-electron chi connectivity index (χ0n) is 10.9. The van der Waals surface area contributed by atoms with E-state index in [1.807, 2.05) is 7.05 Å². The van der Waals surface area contributed by atoms with Gasteiger partial charge in [-0.2, -0.15) is 0 Å². The summed E-state index contributed by atoms with van der Waals surface area (Å²) in [7, 11) is 2.02. The zero-order valence-corrected chi connectivity index (χ0v) is 10.9. The molecule has 3 nitrogen and oxygen atoms in total. The molecule has 0 aromatic heterocycles. The SMILES string of the molecule is CNC1CCN(C(=O)C2CC2(C)C)CC1C. The Morgan fingerprint density at radius 2 is 2.06 bits per heavy atom. The number of amides is 1. The highest BCUT2D eigenvalue weighted by Crippen LogP contribution is 2.52. The summed E-state index contributed by atoms with van der Waals surface area (Å²) >= 11 is 0. The molecule has 3 atom stereocenters. The molecule has 0 spiro atoms. The number of hydrogen-bond donors (Lipinski definition) is 1. The summed E-state index contributed by atoms with van der Waals surface area (Å²) in [6, 6.07) is 0.580. The fourth-order valence-corrected chi connectivity index (χ4v) is 2.88. The van der Waals surface area contributed by atoms with Gasteiger partial charge in [0, 0.05) is 25.0 Å². The van der Waals surface area contributed by atoms with E-state index < -0.39 is 0 Å². The van der Waals surface area contributed by atoms with Crippen LogP contribution in [0, 0.1) is 17.3 Å². The van der Waals surface area contributed by atoms with Crippen molar-refractivity contribution in [3.8, 4) is 0 Å². The van der Waals surface area contributed by atoms with Crippen LogP contribution >= 0.6 is 0 Å². The largest absolute Gasteiger partial charge is 0.342 e. The van der Waals surface area contributed by atoms with Crippen LogP contribution in [0.3, 0.4) is 0 Å². The minimum Gasteiger partial charge on any atom is -0.342 e. The number of piperidine rings is 1. The lowest BCUT2D eigenvalue weighted by molar-refractivity contribution is -0.135. The quantitative estimate of drug-likeness (QED) is 0.770. The molecule has 16 heavy (non-hydrogen) atoms. The molecular weight excluding hydrogens is 200 g/mol. The molecule has 1 N–H and O–H groups in total. The Hall–Kier alpha value is -0.570. The maximum Gasteiger partial charge on any atom is 0.226 e. The van der Waals surface area contributed by atoms with Crippen LogP contribution in [0.2, 0.25) is 0 Å². The van der Waals surface area contributed by atoms with Crippen molar-refractivity contribution in [2.75, 3.05) is 20.1 Å². The second-order valence-corrected chi connectivity index (χ2v) is 6.19. The molecular formula is C13H24N2O. The summed E-state index contributed by atoms with van der Waals surface area (Å²) in [6.45, 7) is 8.48. The van der Waals surface area contributed by atoms with E-state index in [1.54, 1.807) is 0 Å². The molecule has 1 saturated heterocycles. The van der Waals surface area contributed by atoms with Gasteiger partial charge in [-0.3, -0.25) is 4.79 Å². The van der Waals surface area contributed by atoms with Gasteiger partial charge in [-0.25, -0.2) is 0 Å². The van der Waals surface area contributed by atoms with Crippen molar-refractivity contribution in [3.05, 3.63) is 0 Å². The van der Waals surface area contributed by atoms with E-state index in [0.717, 1.165) is 25.9 Å². The highest BCUT2D eigenvalue weighted by molar-refractivity contribution is 5.82. The molecule has 1 saturated carbocycles. The van der Waals surface area contributed by atoms with Gasteiger partial charge in [-0.1, -0.05) is 20.8 Å². The summed E-state index contributed by atoms with van der Waals surface area (Å²) in [5.74, 6) is 1.27. The van der Waals surface area contributed by atoms with E-state index in [4.69, 9.17) is 0 Å². The Morgan fingerprint density at radius 1 is 1.44 bits per heavy atom. The van der Waals surface area contributed by atoms with E-state index in [-0.39, 0.29) is 5.41 Å². The van der Waals surface area contributed by atoms with Gasteiger partial charge < -0.3 is 10.2 Å². The van der Waals surface area contributed by atoms with Crippen molar-refractivity contribution in [1.29, 1.82) is 0 Å². The molecule has 2 fully saturated rings. The predicted octanol–water partition coefficient (Wildman–Crippen LogP) is 1.49. The molecule has 0 aromatic rings. The van der Waals surface area contributed by atoms with Gasteiger partial charge in [0.2, 0.25) is 5.91 Å². The third-order valence-electron chi connectivity index (χ3n) is 4.40. The van der Waals surface area contributed by atoms with E-state index >= 15 is 0 Å². The smallest absolute Gasteiger partial charge is 0.226 e. The average molecular weight is 224 g/mol. The van der Waals surface area contributed by atoms with Crippen molar-refractivity contribution in [2.24, 2.45) is 17.3 Å². The second kappa shape index (κ2) is 4.02. The van der Waals surface area contributed by atoms with Gasteiger partial charge in [0.1, 0.15) is 0 Å². The number of nitrogens with zero attached hydrogens (tertiary/aromatic N) is 1. The first-order chi connectivity index (χ1) is 7.45. The maximum atomic E-state index is 12.2. The Kier molecular flexibility index (Phi) is 2.99. The highest BCUT2D eigenvalue weighted by atomic mass is 16.2. The summed E-state index contributed by atoms with van der Waals surface area (Å²) in [6.07, 6.45) is 2.17. The predicted molar refractivity (Wildman–Crippen MR) is 65.1 cm³/mol. The molecule has 0 radical (unpaired) electrons. The molecule has 0 aromatic carbocycles. The first kappa shape index (κ1) is 11.9. The van der Waals surface area contributed by atoms with Crippen molar-refractivity contribution in [3.63, 3.8) is 0 Å². The Balaban J connectivity index is 1.90. The first-order valence-electron chi connectivity index (χ1n) is 6.42. The number of nitrogens with one attached hydrogen (secondary N) is 1. The Morgan fingerprint density at radius 3 is 2.50 bits per heavy atom. The van der Waals surface area contributed by atoms with Crippen LogP contribution in [-0.4, -0.2) is 37.0 Å². The molecule has 1 aliphatic carbocycles. The summed E-state index contributed by atoms with van der Waals surface area (Å²) < 4.78 is 0. The monoisotopic (exact) mass is 224 g/mol.